The van der Waals surface area contributed by atoms with Crippen LogP contribution in [0.2, 0.25) is 0 Å². The van der Waals surface area contributed by atoms with E-state index in [1.807, 2.05) is 18.2 Å². The van der Waals surface area contributed by atoms with Crippen LogP contribution in [0.5, 0.6) is 5.75 Å². The number of thiophene rings is 1. The highest BCUT2D eigenvalue weighted by Gasteiger charge is 2.27. The van der Waals surface area contributed by atoms with E-state index >= 15 is 0 Å². The third-order valence-corrected chi connectivity index (χ3v) is 8.12. The molecule has 0 radical (unpaired) electrons. The molecule has 170 valence electrons. The number of rotatable bonds is 3. The molecule has 4 aromatic rings. The Balaban J connectivity index is 1.58. The van der Waals surface area contributed by atoms with Crippen LogP contribution < -0.4 is 15.3 Å². The Morgan fingerprint density at radius 2 is 2.03 bits per heavy atom. The fourth-order valence-corrected chi connectivity index (χ4v) is 6.59. The molecule has 0 bridgehead atoms. The van der Waals surface area contributed by atoms with E-state index in [0.717, 1.165) is 42.0 Å². The first-order valence-corrected chi connectivity index (χ1v) is 12.6. The van der Waals surface area contributed by atoms with Crippen LogP contribution in [0.15, 0.2) is 33.5 Å². The van der Waals surface area contributed by atoms with Crippen molar-refractivity contribution < 1.29 is 9.15 Å². The van der Waals surface area contributed by atoms with Crippen molar-refractivity contribution in [3.05, 3.63) is 45.1 Å². The lowest BCUT2D eigenvalue weighted by molar-refractivity contribution is 0.407. The maximum atomic E-state index is 13.1. The lowest BCUT2D eigenvalue weighted by atomic mass is 9.89. The number of methoxy groups -OCH3 is 1. The van der Waals surface area contributed by atoms with Gasteiger partial charge in [0, 0.05) is 23.4 Å². The molecule has 2 aliphatic rings. The molecule has 1 fully saturated rings. The SMILES string of the molecule is COc1cccc2cc(-c3nc(N4CCCCC4)c4c5c(sc4n3)C[C@@H](C)CC5)c(=O)oc12. The number of aryl methyl sites for hydroxylation is 1. The van der Waals surface area contributed by atoms with E-state index in [1.165, 1.54) is 41.5 Å². The number of ether oxygens (including phenoxy) is 1. The number of para-hydroxylation sites is 1. The normalized spacial score (nSPS) is 18.6. The monoisotopic (exact) mass is 461 g/mol. The van der Waals surface area contributed by atoms with E-state index in [2.05, 4.69) is 11.8 Å². The fourth-order valence-electron chi connectivity index (χ4n) is 5.21. The van der Waals surface area contributed by atoms with Gasteiger partial charge in [0.2, 0.25) is 0 Å². The number of fused-ring (bicyclic) bond motifs is 4. The molecule has 0 saturated carbocycles. The van der Waals surface area contributed by atoms with E-state index in [0.29, 0.717) is 28.6 Å². The Hall–Kier alpha value is -2.93. The summed E-state index contributed by atoms with van der Waals surface area (Å²) >= 11 is 1.78. The number of piperidine rings is 1. The summed E-state index contributed by atoms with van der Waals surface area (Å²) in [6.45, 7) is 4.32. The number of benzene rings is 1. The van der Waals surface area contributed by atoms with Crippen LogP contribution >= 0.6 is 11.3 Å². The van der Waals surface area contributed by atoms with Crippen LogP contribution in [0, 0.1) is 5.92 Å². The first-order chi connectivity index (χ1) is 16.1. The highest BCUT2D eigenvalue weighted by atomic mass is 32.1. The van der Waals surface area contributed by atoms with Gasteiger partial charge < -0.3 is 14.1 Å². The van der Waals surface area contributed by atoms with Gasteiger partial charge in [-0.15, -0.1) is 11.3 Å². The summed E-state index contributed by atoms with van der Waals surface area (Å²) in [5.41, 5.74) is 1.84. The lowest BCUT2D eigenvalue weighted by Gasteiger charge is -2.29. The van der Waals surface area contributed by atoms with Gasteiger partial charge in [0.25, 0.3) is 0 Å². The summed E-state index contributed by atoms with van der Waals surface area (Å²) in [6.07, 6.45) is 6.98. The molecule has 33 heavy (non-hydrogen) atoms. The van der Waals surface area contributed by atoms with E-state index in [9.17, 15) is 4.79 Å². The zero-order valence-electron chi connectivity index (χ0n) is 19.0. The second kappa shape index (κ2) is 8.13. The highest BCUT2D eigenvalue weighted by molar-refractivity contribution is 7.19. The molecule has 6 nitrogen and oxygen atoms in total. The van der Waals surface area contributed by atoms with Crippen molar-refractivity contribution in [3.63, 3.8) is 0 Å². The Kier molecular flexibility index (Phi) is 5.09. The molecule has 0 spiro atoms. The topological polar surface area (TPSA) is 68.5 Å². The maximum Gasteiger partial charge on any atom is 0.347 e. The predicted octanol–water partition coefficient (Wildman–Crippen LogP) is 5.59. The molecule has 1 atom stereocenters. The Morgan fingerprint density at radius 1 is 1.18 bits per heavy atom. The molecule has 3 aromatic heterocycles. The van der Waals surface area contributed by atoms with Crippen molar-refractivity contribution in [2.75, 3.05) is 25.1 Å². The third kappa shape index (κ3) is 3.50. The van der Waals surface area contributed by atoms with Crippen molar-refractivity contribution in [2.45, 2.75) is 45.4 Å². The van der Waals surface area contributed by atoms with Crippen LogP contribution in [0.25, 0.3) is 32.6 Å². The van der Waals surface area contributed by atoms with Gasteiger partial charge >= 0.3 is 5.63 Å². The molecule has 0 amide bonds. The van der Waals surface area contributed by atoms with Gasteiger partial charge in [-0.25, -0.2) is 14.8 Å². The average Bonchev–Trinajstić information content (AvgIpc) is 3.20. The van der Waals surface area contributed by atoms with Gasteiger partial charge in [0.1, 0.15) is 16.2 Å². The zero-order chi connectivity index (χ0) is 22.5. The predicted molar refractivity (Wildman–Crippen MR) is 133 cm³/mol. The molecule has 1 aliphatic heterocycles. The Bertz CT molecular complexity index is 1420. The summed E-state index contributed by atoms with van der Waals surface area (Å²) in [5.74, 6) is 2.68. The highest BCUT2D eigenvalue weighted by Crippen LogP contribution is 2.42. The van der Waals surface area contributed by atoms with Crippen LogP contribution in [-0.4, -0.2) is 30.2 Å². The largest absolute Gasteiger partial charge is 0.493 e. The molecule has 7 heteroatoms. The number of anilines is 1. The number of nitrogens with zero attached hydrogens (tertiary/aromatic N) is 3. The van der Waals surface area contributed by atoms with Gasteiger partial charge in [-0.3, -0.25) is 0 Å². The molecular formula is C26H27N3O3S. The molecule has 4 heterocycles. The fraction of sp³-hybridized carbons (Fsp3) is 0.423. The third-order valence-electron chi connectivity index (χ3n) is 6.98. The molecule has 0 N–H and O–H groups in total. The smallest absolute Gasteiger partial charge is 0.347 e. The molecule has 1 aliphatic carbocycles. The van der Waals surface area contributed by atoms with E-state index in [1.54, 1.807) is 24.5 Å². The Labute approximate surface area is 196 Å². The molecule has 1 aromatic carbocycles. The van der Waals surface area contributed by atoms with Crippen molar-refractivity contribution in [2.24, 2.45) is 5.92 Å². The quantitative estimate of drug-likeness (QED) is 0.371. The van der Waals surface area contributed by atoms with Crippen LogP contribution in [0.3, 0.4) is 0 Å². The van der Waals surface area contributed by atoms with Crippen LogP contribution in [0.4, 0.5) is 5.82 Å². The van der Waals surface area contributed by atoms with Gasteiger partial charge in [-0.05, 0) is 62.1 Å². The van der Waals surface area contributed by atoms with Crippen molar-refractivity contribution in [1.29, 1.82) is 0 Å². The summed E-state index contributed by atoms with van der Waals surface area (Å²) in [6, 6.07) is 7.43. The second-order valence-electron chi connectivity index (χ2n) is 9.28. The van der Waals surface area contributed by atoms with Gasteiger partial charge in [-0.1, -0.05) is 19.1 Å². The first-order valence-electron chi connectivity index (χ1n) is 11.8. The minimum Gasteiger partial charge on any atom is -0.493 e. The Morgan fingerprint density at radius 3 is 2.85 bits per heavy atom. The van der Waals surface area contributed by atoms with Gasteiger partial charge in [-0.2, -0.15) is 0 Å². The molecule has 1 saturated heterocycles. The standard InChI is InChI=1S/C26H27N3O3S/c1-15-9-10-17-20(13-15)33-25-21(17)24(29-11-4-3-5-12-29)27-23(28-25)18-14-16-7-6-8-19(31-2)22(16)32-26(18)30/h6-8,14-15H,3-5,9-13H2,1-2H3/t15-/m0/s1. The summed E-state index contributed by atoms with van der Waals surface area (Å²) in [5, 5.41) is 2.01. The van der Waals surface area contributed by atoms with Crippen LogP contribution in [0.1, 0.15) is 43.0 Å². The second-order valence-corrected chi connectivity index (χ2v) is 10.4. The zero-order valence-corrected chi connectivity index (χ0v) is 19.8. The summed E-state index contributed by atoms with van der Waals surface area (Å²) in [4.78, 5) is 27.8. The summed E-state index contributed by atoms with van der Waals surface area (Å²) in [7, 11) is 1.57. The number of aromatic nitrogens is 2. The van der Waals surface area contributed by atoms with Crippen molar-refractivity contribution in [1.82, 2.24) is 9.97 Å². The molecular weight excluding hydrogens is 434 g/mol. The molecule has 6 rings (SSSR count). The average molecular weight is 462 g/mol. The number of hydrogen-bond donors (Lipinski definition) is 0. The van der Waals surface area contributed by atoms with E-state index < -0.39 is 5.63 Å². The first kappa shape index (κ1) is 20.7. The van der Waals surface area contributed by atoms with Gasteiger partial charge in [0.05, 0.1) is 12.5 Å². The minimum absolute atomic E-state index is 0.399. The van der Waals surface area contributed by atoms with Crippen molar-refractivity contribution in [3.8, 4) is 17.1 Å². The van der Waals surface area contributed by atoms with Crippen molar-refractivity contribution >= 4 is 38.3 Å². The van der Waals surface area contributed by atoms with Crippen LogP contribution in [-0.2, 0) is 12.8 Å². The lowest BCUT2D eigenvalue weighted by Crippen LogP contribution is -2.30. The van der Waals surface area contributed by atoms with Gasteiger partial charge in [0.15, 0.2) is 17.2 Å². The number of hydrogen-bond acceptors (Lipinski definition) is 7. The maximum absolute atomic E-state index is 13.1. The molecule has 0 unspecified atom stereocenters. The summed E-state index contributed by atoms with van der Waals surface area (Å²) < 4.78 is 11.1. The van der Waals surface area contributed by atoms with E-state index in [-0.39, 0.29) is 0 Å². The van der Waals surface area contributed by atoms with E-state index in [4.69, 9.17) is 19.1 Å². The minimum atomic E-state index is -0.439.